The molecule has 5 fully saturated rings. The Morgan fingerprint density at radius 1 is 0.900 bits per heavy atom. The van der Waals surface area contributed by atoms with E-state index in [1.54, 1.807) is 21.7 Å². The monoisotopic (exact) mass is 846 g/mol. The van der Waals surface area contributed by atoms with E-state index in [-0.39, 0.29) is 42.4 Å². The first-order valence-corrected chi connectivity index (χ1v) is 23.5. The maximum atomic E-state index is 13.8. The summed E-state index contributed by atoms with van der Waals surface area (Å²) < 4.78 is 40.0. The zero-order valence-electron chi connectivity index (χ0n) is 34.8. The summed E-state index contributed by atoms with van der Waals surface area (Å²) in [7, 11) is -1.91. The van der Waals surface area contributed by atoms with Crippen LogP contribution in [0.4, 0.5) is 11.8 Å². The third-order valence-electron chi connectivity index (χ3n) is 14.0. The Kier molecular flexibility index (Phi) is 11.3. The fraction of sp³-hybridized carbons (Fsp3) is 0.667. The molecule has 6 aliphatic rings. The summed E-state index contributed by atoms with van der Waals surface area (Å²) in [6.45, 7) is 7.18. The average molecular weight is 847 g/mol. The first-order valence-electron chi connectivity index (χ1n) is 22.1. The number of carbonyl (C=O) groups excluding carboxylic acids is 3. The molecule has 3 atom stereocenters. The quantitative estimate of drug-likeness (QED) is 0.202. The van der Waals surface area contributed by atoms with E-state index in [0.717, 1.165) is 88.8 Å². The van der Waals surface area contributed by atoms with E-state index in [0.29, 0.717) is 74.3 Å². The van der Waals surface area contributed by atoms with Crippen molar-refractivity contribution in [3.63, 3.8) is 0 Å². The molecule has 18 heteroatoms. The third-order valence-corrected chi connectivity index (χ3v) is 16.0. The molecule has 324 valence electrons. The highest BCUT2D eigenvalue weighted by molar-refractivity contribution is 7.86. The van der Waals surface area contributed by atoms with Crippen molar-refractivity contribution in [2.75, 3.05) is 62.6 Å². The van der Waals surface area contributed by atoms with Crippen LogP contribution in [-0.4, -0.2) is 123 Å². The molecule has 0 radical (unpaired) electrons. The zero-order chi connectivity index (χ0) is 41.8. The molecule has 1 aromatic carbocycles. The number of nitrogens with zero attached hydrogens (tertiary/aromatic N) is 8. The van der Waals surface area contributed by atoms with E-state index in [2.05, 4.69) is 27.4 Å². The van der Waals surface area contributed by atoms with Crippen LogP contribution in [0, 0.1) is 5.92 Å². The topological polar surface area (TPSA) is 184 Å². The van der Waals surface area contributed by atoms with Crippen LogP contribution in [0.2, 0.25) is 0 Å². The normalized spacial score (nSPS) is 25.7. The van der Waals surface area contributed by atoms with Crippen LogP contribution < -0.4 is 26.0 Å². The molecule has 6 heterocycles. The molecule has 3 saturated heterocycles. The molecular weight excluding hydrogens is 789 g/mol. The van der Waals surface area contributed by atoms with Gasteiger partial charge in [0.1, 0.15) is 17.6 Å². The minimum atomic E-state index is -3.58. The van der Waals surface area contributed by atoms with Crippen LogP contribution in [0.15, 0.2) is 29.2 Å². The maximum absolute atomic E-state index is 13.8. The van der Waals surface area contributed by atoms with Gasteiger partial charge in [-0.1, -0.05) is 13.3 Å². The molecule has 0 bridgehead atoms. The van der Waals surface area contributed by atoms with Gasteiger partial charge in [-0.15, -0.1) is 0 Å². The number of carbonyl (C=O) groups is 3. The lowest BCUT2D eigenvalue weighted by Gasteiger charge is -2.36. The van der Waals surface area contributed by atoms with Crippen LogP contribution in [0.5, 0.6) is 5.75 Å². The molecule has 3 unspecified atom stereocenters. The van der Waals surface area contributed by atoms with Crippen LogP contribution in [0.3, 0.4) is 0 Å². The van der Waals surface area contributed by atoms with Gasteiger partial charge in [0.15, 0.2) is 0 Å². The Bertz CT molecular complexity index is 2310. The van der Waals surface area contributed by atoms with E-state index >= 15 is 0 Å². The van der Waals surface area contributed by atoms with Gasteiger partial charge in [0, 0.05) is 69.6 Å². The van der Waals surface area contributed by atoms with Gasteiger partial charge in [-0.2, -0.15) is 22.0 Å². The van der Waals surface area contributed by atoms with Crippen LogP contribution in [-0.2, 0) is 37.1 Å². The van der Waals surface area contributed by atoms with Crippen molar-refractivity contribution in [3.8, 4) is 5.75 Å². The van der Waals surface area contributed by atoms with E-state index in [9.17, 15) is 27.6 Å². The number of imide groups is 1. The number of nitrogens with one attached hydrogen (secondary N) is 2. The summed E-state index contributed by atoms with van der Waals surface area (Å²) >= 11 is 0. The number of aromatic nitrogens is 4. The van der Waals surface area contributed by atoms with Gasteiger partial charge in [0.05, 0.1) is 23.1 Å². The summed E-state index contributed by atoms with van der Waals surface area (Å²) in [6, 6.07) is 4.93. The van der Waals surface area contributed by atoms with E-state index in [4.69, 9.17) is 9.72 Å². The lowest BCUT2D eigenvalue weighted by molar-refractivity contribution is -0.135. The van der Waals surface area contributed by atoms with Gasteiger partial charge in [0.2, 0.25) is 23.7 Å². The molecule has 3 aromatic rings. The fourth-order valence-corrected chi connectivity index (χ4v) is 12.0. The van der Waals surface area contributed by atoms with Crippen LogP contribution in [0.25, 0.3) is 11.0 Å². The first-order chi connectivity index (χ1) is 28.9. The first kappa shape index (κ1) is 41.0. The Balaban J connectivity index is 0.710. The molecule has 2 aliphatic carbocycles. The van der Waals surface area contributed by atoms with Crippen molar-refractivity contribution < 1.29 is 27.5 Å². The predicted octanol–water partition coefficient (Wildman–Crippen LogP) is 3.05. The predicted molar refractivity (Wildman–Crippen MR) is 225 cm³/mol. The Morgan fingerprint density at radius 3 is 2.35 bits per heavy atom. The molecule has 2 saturated carbocycles. The maximum Gasteiger partial charge on any atom is 0.329 e. The van der Waals surface area contributed by atoms with Crippen molar-refractivity contribution in [3.05, 3.63) is 40.4 Å². The summed E-state index contributed by atoms with van der Waals surface area (Å²) in [6.07, 6.45) is 12.0. The molecular formula is C42H58N10O7S. The Hall–Kier alpha value is -4.39. The second kappa shape index (κ2) is 16.5. The van der Waals surface area contributed by atoms with E-state index < -0.39 is 27.6 Å². The van der Waals surface area contributed by atoms with Crippen molar-refractivity contribution in [2.24, 2.45) is 13.0 Å². The number of amides is 3. The summed E-state index contributed by atoms with van der Waals surface area (Å²) in [5.41, 5.74) is 1.53. The lowest BCUT2D eigenvalue weighted by atomic mass is 10.0. The second-order valence-electron chi connectivity index (χ2n) is 17.8. The Labute approximate surface area is 351 Å². The number of fused-ring (bicyclic) bond motifs is 3. The Morgan fingerprint density at radius 2 is 1.65 bits per heavy atom. The number of unbranched alkanes of at least 4 members (excludes halogenated alkanes) is 1. The zero-order valence-corrected chi connectivity index (χ0v) is 35.6. The smallest absolute Gasteiger partial charge is 0.329 e. The minimum absolute atomic E-state index is 0.0465. The molecule has 1 spiro atoms. The van der Waals surface area contributed by atoms with Crippen molar-refractivity contribution >= 4 is 50.7 Å². The summed E-state index contributed by atoms with van der Waals surface area (Å²) in [4.78, 5) is 64.9. The number of rotatable bonds is 12. The molecule has 3 amide bonds. The van der Waals surface area contributed by atoms with E-state index in [1.165, 1.54) is 9.13 Å². The third kappa shape index (κ3) is 7.61. The minimum Gasteiger partial charge on any atom is -0.494 e. The summed E-state index contributed by atoms with van der Waals surface area (Å²) in [5, 5.41) is 5.82. The standard InChI is InChI=1S/C42H58N10O7S/c1-28-8-5-9-32(28)52-37-31(42(16-17-42)39(52)55)27-43-40(46-37)44-29-14-23-50(24-15-29)60(57,58)49-21-6-19-48(20-7-22-49)18-3-4-25-59-30-10-11-33-35(26-30)47(2)41(56)51(33)34-12-13-36(53)45-38(34)54/h10-11,26-29,32,34H,3-9,12-25H2,1-2H3,(H,43,44,46)(H,45,53,54). The summed E-state index contributed by atoms with van der Waals surface area (Å²) in [5.74, 6) is 1.81. The molecule has 9 rings (SSSR count). The number of hydrogen-bond acceptors (Lipinski definition) is 11. The SMILES string of the molecule is CC1CCCC1N1C(=O)C2(CC2)c2cnc(NC3CCN(S(=O)(=O)N4CCCN(CCCCOc5ccc6c(c5)n(C)c(=O)n6C5CCC(=O)NC5=O)CCC4)CC3)nc21. The number of anilines is 2. The highest BCUT2D eigenvalue weighted by atomic mass is 32.2. The average Bonchev–Trinajstić information content (AvgIpc) is 3.80. The number of benzene rings is 1. The van der Waals surface area contributed by atoms with Gasteiger partial charge in [-0.05, 0) is 108 Å². The van der Waals surface area contributed by atoms with Crippen molar-refractivity contribution in [2.45, 2.75) is 114 Å². The molecule has 17 nitrogen and oxygen atoms in total. The van der Waals surface area contributed by atoms with E-state index in [1.807, 2.05) is 23.2 Å². The largest absolute Gasteiger partial charge is 0.494 e. The van der Waals surface area contributed by atoms with Crippen LogP contribution >= 0.6 is 0 Å². The lowest BCUT2D eigenvalue weighted by Crippen LogP contribution is -2.50. The van der Waals surface area contributed by atoms with Gasteiger partial charge in [-0.3, -0.25) is 33.7 Å². The van der Waals surface area contributed by atoms with Gasteiger partial charge in [0.25, 0.3) is 10.2 Å². The molecule has 2 aromatic heterocycles. The molecule has 4 aliphatic heterocycles. The van der Waals surface area contributed by atoms with Crippen LogP contribution in [0.1, 0.15) is 102 Å². The van der Waals surface area contributed by atoms with Crippen molar-refractivity contribution in [1.29, 1.82) is 0 Å². The molecule has 60 heavy (non-hydrogen) atoms. The number of piperidine rings is 2. The van der Waals surface area contributed by atoms with Gasteiger partial charge < -0.3 is 15.0 Å². The van der Waals surface area contributed by atoms with Gasteiger partial charge in [-0.25, -0.2) is 9.78 Å². The highest BCUT2D eigenvalue weighted by Gasteiger charge is 2.62. The fourth-order valence-electron chi connectivity index (χ4n) is 10.3. The van der Waals surface area contributed by atoms with Gasteiger partial charge >= 0.3 is 5.69 Å². The molecule has 2 N–H and O–H groups in total. The number of hydrogen-bond donors (Lipinski definition) is 2. The second-order valence-corrected chi connectivity index (χ2v) is 19.7. The number of aryl methyl sites for hydroxylation is 1. The van der Waals surface area contributed by atoms with Crippen molar-refractivity contribution in [1.82, 2.24) is 37.9 Å². The number of ether oxygens (including phenoxy) is 1. The highest BCUT2D eigenvalue weighted by Crippen LogP contribution is 2.58. The number of imidazole rings is 1.